The lowest BCUT2D eigenvalue weighted by atomic mass is 9.51. The van der Waals surface area contributed by atoms with Crippen LogP contribution in [0.3, 0.4) is 0 Å². The highest BCUT2D eigenvalue weighted by atomic mass is 16.3. The summed E-state index contributed by atoms with van der Waals surface area (Å²) in [5, 5.41) is 37.1. The first-order chi connectivity index (χ1) is 17.2. The highest BCUT2D eigenvalue weighted by molar-refractivity contribution is 6.32. The number of rotatable bonds is 6. The summed E-state index contributed by atoms with van der Waals surface area (Å²) in [5.41, 5.74) is 3.07. The lowest BCUT2D eigenvalue weighted by Gasteiger charge is -2.54. The Balaban J connectivity index is 1.80. The lowest BCUT2D eigenvalue weighted by molar-refractivity contribution is -0.195. The highest BCUT2D eigenvalue weighted by Gasteiger charge is 2.72. The van der Waals surface area contributed by atoms with Crippen LogP contribution < -0.4 is 11.1 Å². The number of nitrogens with two attached hydrogens (primary N) is 1. The summed E-state index contributed by atoms with van der Waals surface area (Å²) < 4.78 is 0. The highest BCUT2D eigenvalue weighted by Crippen LogP contribution is 2.51. The number of aliphatic hydroxyl groups is 2. The van der Waals surface area contributed by atoms with Gasteiger partial charge in [0.25, 0.3) is 0 Å². The van der Waals surface area contributed by atoms with Gasteiger partial charge < -0.3 is 26.4 Å². The van der Waals surface area contributed by atoms with E-state index in [1.165, 1.54) is 19.0 Å². The van der Waals surface area contributed by atoms with Crippen molar-refractivity contribution < 1.29 is 39.3 Å². The number of aliphatic hydroxyl groups excluding tert-OH is 1. The predicted molar refractivity (Wildman–Crippen MR) is 129 cm³/mol. The van der Waals surface area contributed by atoms with Crippen LogP contribution in [0.25, 0.3) is 0 Å². The first-order valence-electron chi connectivity index (χ1n) is 12.3. The molecule has 2 fully saturated rings. The summed E-state index contributed by atoms with van der Waals surface area (Å²) >= 11 is 0. The van der Waals surface area contributed by atoms with Crippen molar-refractivity contribution in [2.75, 3.05) is 20.6 Å². The molecule has 6 N–H and O–H groups in total. The maximum atomic E-state index is 13.8. The quantitative estimate of drug-likeness (QED) is 0.282. The number of nitrogens with one attached hydrogen (secondary N) is 1. The molecule has 0 radical (unpaired) electrons. The van der Waals surface area contributed by atoms with Crippen LogP contribution in [0.2, 0.25) is 0 Å². The number of ketones is 4. The van der Waals surface area contributed by atoms with Crippen molar-refractivity contribution in [2.24, 2.45) is 35.3 Å². The minimum Gasteiger partial charge on any atom is -0.507 e. The molecule has 3 aliphatic carbocycles. The summed E-state index contributed by atoms with van der Waals surface area (Å²) in [6.07, 6.45) is -1.62. The molecule has 0 heterocycles. The van der Waals surface area contributed by atoms with Gasteiger partial charge in [-0.05, 0) is 38.5 Å². The molecule has 4 rings (SSSR count). The Morgan fingerprint density at radius 3 is 2.41 bits per heavy atom. The van der Waals surface area contributed by atoms with E-state index in [2.05, 4.69) is 5.32 Å². The molecule has 1 aromatic rings. The minimum atomic E-state index is -2.98. The number of aromatic hydroxyl groups is 1. The third-order valence-electron chi connectivity index (χ3n) is 7.97. The van der Waals surface area contributed by atoms with Crippen molar-refractivity contribution in [1.82, 2.24) is 10.2 Å². The van der Waals surface area contributed by atoms with E-state index in [9.17, 15) is 39.3 Å². The Morgan fingerprint density at radius 2 is 1.84 bits per heavy atom. The van der Waals surface area contributed by atoms with Crippen LogP contribution in [0, 0.1) is 29.6 Å². The number of carbonyl (C=O) groups excluding carboxylic acids is 5. The number of phenols is 1. The fourth-order valence-corrected chi connectivity index (χ4v) is 6.27. The van der Waals surface area contributed by atoms with Gasteiger partial charge in [0, 0.05) is 18.0 Å². The number of Topliss-reactive ketones (excluding diaryl/α,β-unsaturated/α-hetero) is 4. The normalized spacial score (nSPS) is 33.4. The summed E-state index contributed by atoms with van der Waals surface area (Å²) in [5.74, 6) is -12.0. The number of amides is 1. The van der Waals surface area contributed by atoms with Crippen LogP contribution in [0.1, 0.15) is 35.3 Å². The number of phenolic OH excluding ortho intramolecular Hbond substituents is 1. The number of fused-ring (bicyclic) bond motifs is 3. The summed E-state index contributed by atoms with van der Waals surface area (Å²) in [4.78, 5) is 67.2. The molecule has 2 unspecified atom stereocenters. The van der Waals surface area contributed by atoms with Crippen molar-refractivity contribution in [3.63, 3.8) is 0 Å². The molecule has 2 saturated carbocycles. The average Bonchev–Trinajstić information content (AvgIpc) is 2.80. The maximum Gasteiger partial charge on any atom is 0.235 e. The second-order valence-electron chi connectivity index (χ2n) is 11.0. The summed E-state index contributed by atoms with van der Waals surface area (Å²) in [6, 6.07) is 1.94. The second-order valence-corrected chi connectivity index (χ2v) is 11.0. The topological polar surface area (TPSA) is 187 Å². The first kappa shape index (κ1) is 27.1. The van der Waals surface area contributed by atoms with Gasteiger partial charge in [-0.2, -0.15) is 0 Å². The zero-order chi connectivity index (χ0) is 27.6. The number of primary amides is 1. The van der Waals surface area contributed by atoms with Gasteiger partial charge >= 0.3 is 0 Å². The molecule has 7 atom stereocenters. The molecule has 0 aromatic heterocycles. The Kier molecular flexibility index (Phi) is 6.87. The number of likely N-dealkylation sites (N-methyl/N-ethyl adjacent to an activating group) is 1. The van der Waals surface area contributed by atoms with Gasteiger partial charge in [0.1, 0.15) is 5.75 Å². The van der Waals surface area contributed by atoms with Crippen molar-refractivity contribution in [3.05, 3.63) is 28.8 Å². The zero-order valence-corrected chi connectivity index (χ0v) is 21.2. The smallest absolute Gasteiger partial charge is 0.235 e. The Labute approximate surface area is 214 Å². The molecule has 11 heteroatoms. The van der Waals surface area contributed by atoms with Crippen LogP contribution >= 0.6 is 0 Å². The minimum absolute atomic E-state index is 0.000265. The SMILES string of the molecule is CC(C)CNCc1ccc2c(c1O)C(=O)C1C(=O)[C@@]3(O)C(=O)C(C(N)=O)C(=O)[C@H](N(C)C)[C@H]3[C@H](O)[C@H]1C2. The van der Waals surface area contributed by atoms with Crippen molar-refractivity contribution in [2.45, 2.75) is 44.6 Å². The Hall–Kier alpha value is -2.99. The standard InChI is InChI=1S/C26H33N3O8/c1-10(2)8-28-9-12-6-5-11-7-13-15(21(32)14(11)19(12)30)23(34)26(37)17(20(13)31)18(29(3)4)22(33)16(24(26)35)25(27)36/h5-6,10,13,15-18,20,28,30-31,37H,7-9H2,1-4H3,(H2,27,36)/t13-,15?,16?,17-,18+,20+,26+/m0/s1. The van der Waals surface area contributed by atoms with Crippen LogP contribution in [-0.2, 0) is 32.1 Å². The summed E-state index contributed by atoms with van der Waals surface area (Å²) in [6.45, 7) is 4.98. The average molecular weight is 516 g/mol. The van der Waals surface area contributed by atoms with E-state index in [0.717, 1.165) is 0 Å². The zero-order valence-electron chi connectivity index (χ0n) is 21.2. The molecule has 1 aromatic carbocycles. The molecule has 37 heavy (non-hydrogen) atoms. The van der Waals surface area contributed by atoms with Gasteiger partial charge in [0.2, 0.25) is 5.91 Å². The molecule has 0 aliphatic heterocycles. The van der Waals surface area contributed by atoms with Gasteiger partial charge in [-0.15, -0.1) is 0 Å². The van der Waals surface area contributed by atoms with Gasteiger partial charge in [-0.25, -0.2) is 0 Å². The fourth-order valence-electron chi connectivity index (χ4n) is 6.27. The maximum absolute atomic E-state index is 13.8. The van der Waals surface area contributed by atoms with E-state index in [4.69, 9.17) is 5.73 Å². The van der Waals surface area contributed by atoms with Crippen LogP contribution in [-0.4, -0.2) is 87.6 Å². The van der Waals surface area contributed by atoms with E-state index in [-0.39, 0.29) is 24.3 Å². The number of hydrogen-bond donors (Lipinski definition) is 5. The Bertz CT molecular complexity index is 1190. The molecular weight excluding hydrogens is 482 g/mol. The van der Waals surface area contributed by atoms with Crippen LogP contribution in [0.5, 0.6) is 5.75 Å². The van der Waals surface area contributed by atoms with E-state index in [0.29, 0.717) is 23.6 Å². The molecule has 200 valence electrons. The third kappa shape index (κ3) is 3.92. The molecule has 0 bridgehead atoms. The molecule has 11 nitrogen and oxygen atoms in total. The lowest BCUT2D eigenvalue weighted by Crippen LogP contribution is -2.77. The fraction of sp³-hybridized carbons (Fsp3) is 0.577. The van der Waals surface area contributed by atoms with Gasteiger partial charge in [-0.3, -0.25) is 28.9 Å². The number of hydrogen-bond acceptors (Lipinski definition) is 10. The van der Waals surface area contributed by atoms with Gasteiger partial charge in [-0.1, -0.05) is 26.0 Å². The number of carbonyl (C=O) groups is 5. The van der Waals surface area contributed by atoms with E-state index in [1.807, 2.05) is 13.8 Å². The van der Waals surface area contributed by atoms with Crippen molar-refractivity contribution in [1.29, 1.82) is 0 Å². The van der Waals surface area contributed by atoms with Gasteiger partial charge in [0.05, 0.1) is 29.5 Å². The van der Waals surface area contributed by atoms with E-state index < -0.39 is 70.5 Å². The number of benzene rings is 1. The first-order valence-corrected chi connectivity index (χ1v) is 12.3. The van der Waals surface area contributed by atoms with Crippen LogP contribution in [0.15, 0.2) is 12.1 Å². The number of nitrogens with zero attached hydrogens (tertiary/aromatic N) is 1. The van der Waals surface area contributed by atoms with E-state index >= 15 is 0 Å². The molecule has 0 spiro atoms. The molecule has 0 saturated heterocycles. The monoisotopic (exact) mass is 515 g/mol. The van der Waals surface area contributed by atoms with Gasteiger partial charge in [0.15, 0.2) is 34.7 Å². The van der Waals surface area contributed by atoms with Crippen LogP contribution in [0.4, 0.5) is 0 Å². The van der Waals surface area contributed by atoms with Crippen molar-refractivity contribution >= 4 is 29.0 Å². The third-order valence-corrected chi connectivity index (χ3v) is 7.97. The summed E-state index contributed by atoms with van der Waals surface area (Å²) in [7, 11) is 2.91. The predicted octanol–water partition coefficient (Wildman–Crippen LogP) is -1.42. The second kappa shape index (κ2) is 9.39. The van der Waals surface area contributed by atoms with Crippen molar-refractivity contribution in [3.8, 4) is 5.75 Å². The largest absolute Gasteiger partial charge is 0.507 e. The molecule has 1 amide bonds. The molecule has 3 aliphatic rings. The Morgan fingerprint density at radius 1 is 1.19 bits per heavy atom. The van der Waals surface area contributed by atoms with E-state index in [1.54, 1.807) is 12.1 Å². The molecular formula is C26H33N3O8.